The second-order valence-electron chi connectivity index (χ2n) is 8.54. The highest BCUT2D eigenvalue weighted by molar-refractivity contribution is 7.99. The van der Waals surface area contributed by atoms with Crippen LogP contribution in [0.4, 0.5) is 0 Å². The smallest absolute Gasteiger partial charge is 0.321 e. The predicted octanol–water partition coefficient (Wildman–Crippen LogP) is 3.34. The third kappa shape index (κ3) is 6.92. The zero-order chi connectivity index (χ0) is 25.5. The van der Waals surface area contributed by atoms with Crippen molar-refractivity contribution in [2.45, 2.75) is 67.7 Å². The topological polar surface area (TPSA) is 109 Å². The number of carbonyl (C=O) groups is 3. The van der Waals surface area contributed by atoms with Gasteiger partial charge in [-0.1, -0.05) is 60.3 Å². The van der Waals surface area contributed by atoms with Gasteiger partial charge in [0.15, 0.2) is 12.4 Å². The molecule has 2 aromatic rings. The fraction of sp³-hybridized carbons (Fsp3) is 0.423. The molecule has 0 aliphatic carbocycles. The molecule has 0 amide bonds. The molecule has 2 saturated heterocycles. The lowest BCUT2D eigenvalue weighted by atomic mass is 9.97. The number of nitrogens with one attached hydrogen (secondary N) is 1. The van der Waals surface area contributed by atoms with E-state index in [2.05, 4.69) is 5.48 Å². The number of Topliss-reactive ketones (excluding diaryl/α,β-unsaturated/α-hetero) is 1. The van der Waals surface area contributed by atoms with Crippen LogP contribution in [0.15, 0.2) is 65.6 Å². The lowest BCUT2D eigenvalue weighted by molar-refractivity contribution is -0.312. The molecule has 0 radical (unpaired) electrons. The van der Waals surface area contributed by atoms with Crippen LogP contribution in [0.2, 0.25) is 0 Å². The fourth-order valence-corrected chi connectivity index (χ4v) is 5.13. The van der Waals surface area contributed by atoms with Gasteiger partial charge in [-0.25, -0.2) is 0 Å². The molecule has 10 heteroatoms. The Morgan fingerprint density at radius 1 is 0.972 bits per heavy atom. The molecule has 0 saturated carbocycles. The lowest BCUT2D eigenvalue weighted by Gasteiger charge is -2.48. The molecule has 2 heterocycles. The predicted molar refractivity (Wildman–Crippen MR) is 129 cm³/mol. The highest BCUT2D eigenvalue weighted by Crippen LogP contribution is 2.40. The van der Waals surface area contributed by atoms with Gasteiger partial charge in [0.1, 0.15) is 29.5 Å². The van der Waals surface area contributed by atoms with Crippen molar-refractivity contribution in [3.63, 3.8) is 0 Å². The van der Waals surface area contributed by atoms with Crippen LogP contribution in [0, 0.1) is 0 Å². The average Bonchev–Trinajstić information content (AvgIpc) is 2.88. The van der Waals surface area contributed by atoms with E-state index in [1.807, 2.05) is 60.7 Å². The third-order valence-electron chi connectivity index (χ3n) is 5.69. The van der Waals surface area contributed by atoms with Crippen LogP contribution < -0.4 is 5.48 Å². The molecule has 192 valence electrons. The van der Waals surface area contributed by atoms with Crippen molar-refractivity contribution in [1.29, 1.82) is 0 Å². The summed E-state index contributed by atoms with van der Waals surface area (Å²) >= 11 is 1.39. The lowest BCUT2D eigenvalue weighted by Crippen LogP contribution is -2.66. The summed E-state index contributed by atoms with van der Waals surface area (Å²) in [4.78, 5) is 41.9. The van der Waals surface area contributed by atoms with E-state index in [-0.39, 0.29) is 25.2 Å². The minimum atomic E-state index is -0.890. The molecular formula is C26H29NO8S. The van der Waals surface area contributed by atoms with Crippen LogP contribution >= 0.6 is 11.8 Å². The van der Waals surface area contributed by atoms with Crippen molar-refractivity contribution in [2.75, 3.05) is 6.61 Å². The van der Waals surface area contributed by atoms with Gasteiger partial charge in [0.05, 0.1) is 13.0 Å². The zero-order valence-corrected chi connectivity index (χ0v) is 20.8. The summed E-state index contributed by atoms with van der Waals surface area (Å²) in [5.41, 5.74) is 2.94. The van der Waals surface area contributed by atoms with E-state index in [0.29, 0.717) is 0 Å². The highest BCUT2D eigenvalue weighted by Gasteiger charge is 2.52. The number of ether oxygens (including phenoxy) is 4. The van der Waals surface area contributed by atoms with E-state index in [1.54, 1.807) is 0 Å². The largest absolute Gasteiger partial charge is 0.458 e. The molecule has 2 aliphatic rings. The quantitative estimate of drug-likeness (QED) is 0.394. The maximum absolute atomic E-state index is 12.7. The Bertz CT molecular complexity index is 1040. The molecule has 1 N–H and O–H groups in total. The number of hydrogen-bond donors (Lipinski definition) is 1. The normalized spacial score (nSPS) is 27.5. The Balaban J connectivity index is 1.62. The molecular weight excluding hydrogens is 486 g/mol. The van der Waals surface area contributed by atoms with Crippen LogP contribution in [0.25, 0.3) is 0 Å². The van der Waals surface area contributed by atoms with Crippen LogP contribution in [0.3, 0.4) is 0 Å². The number of thioether (sulfide) groups is 1. The molecule has 36 heavy (non-hydrogen) atoms. The Labute approximate surface area is 213 Å². The van der Waals surface area contributed by atoms with Gasteiger partial charge >= 0.3 is 11.9 Å². The fourth-order valence-electron chi connectivity index (χ4n) is 3.99. The van der Waals surface area contributed by atoms with Crippen LogP contribution in [0.5, 0.6) is 0 Å². The van der Waals surface area contributed by atoms with Gasteiger partial charge in [-0.05, 0) is 19.1 Å². The molecule has 0 bridgehead atoms. The minimum Gasteiger partial charge on any atom is -0.458 e. The molecule has 2 aliphatic heterocycles. The summed E-state index contributed by atoms with van der Waals surface area (Å²) in [6.07, 6.45) is -2.85. The summed E-state index contributed by atoms with van der Waals surface area (Å²) in [5.74, 6) is -1.23. The van der Waals surface area contributed by atoms with Crippen molar-refractivity contribution in [2.24, 2.45) is 0 Å². The Morgan fingerprint density at radius 2 is 1.67 bits per heavy atom. The third-order valence-corrected chi connectivity index (χ3v) is 6.87. The van der Waals surface area contributed by atoms with E-state index in [1.165, 1.54) is 25.6 Å². The van der Waals surface area contributed by atoms with Crippen molar-refractivity contribution >= 4 is 29.5 Å². The summed E-state index contributed by atoms with van der Waals surface area (Å²) in [7, 11) is 0. The van der Waals surface area contributed by atoms with Gasteiger partial charge in [-0.15, -0.1) is 5.48 Å². The average molecular weight is 516 g/mol. The SMILES string of the molecule is CC(=O)CCC(=O)O[C@@H]1[C@@H](NOC(C)=O)[C@H](Sc2ccccc2)O[C@@H]2CO[C@@H](c3ccccc3)O[C@@H]12. The van der Waals surface area contributed by atoms with Crippen molar-refractivity contribution in [1.82, 2.24) is 5.48 Å². The van der Waals surface area contributed by atoms with Crippen LogP contribution in [0.1, 0.15) is 38.5 Å². The second-order valence-corrected chi connectivity index (χ2v) is 9.72. The summed E-state index contributed by atoms with van der Waals surface area (Å²) < 4.78 is 24.5. The molecule has 0 aromatic heterocycles. The van der Waals surface area contributed by atoms with Gasteiger partial charge in [-0.3, -0.25) is 9.59 Å². The maximum atomic E-state index is 12.7. The second kappa shape index (κ2) is 12.5. The number of esters is 1. The van der Waals surface area contributed by atoms with Gasteiger partial charge < -0.3 is 28.6 Å². The van der Waals surface area contributed by atoms with Crippen LogP contribution in [-0.4, -0.2) is 54.1 Å². The number of ketones is 1. The monoisotopic (exact) mass is 515 g/mol. The molecule has 4 rings (SSSR count). The van der Waals surface area contributed by atoms with E-state index in [9.17, 15) is 14.4 Å². The Hall–Kier alpha value is -2.76. The van der Waals surface area contributed by atoms with E-state index < -0.39 is 48.0 Å². The number of fused-ring (bicyclic) bond motifs is 1. The first-order chi connectivity index (χ1) is 17.4. The first-order valence-corrected chi connectivity index (χ1v) is 12.6. The first-order valence-electron chi connectivity index (χ1n) is 11.7. The summed E-state index contributed by atoms with van der Waals surface area (Å²) in [6.45, 7) is 2.89. The Morgan fingerprint density at radius 3 is 2.33 bits per heavy atom. The Kier molecular flexibility index (Phi) is 9.11. The summed E-state index contributed by atoms with van der Waals surface area (Å²) in [6, 6.07) is 18.2. The van der Waals surface area contributed by atoms with Crippen molar-refractivity contribution in [3.8, 4) is 0 Å². The van der Waals surface area contributed by atoms with Gasteiger partial charge in [0.2, 0.25) is 0 Å². The standard InChI is InChI=1S/C26H29NO8S/c1-16(28)13-14-21(30)33-24-22(27-35-17(2)29)26(36-19-11-7-4-8-12-19)32-20-15-31-25(34-23(20)24)18-9-5-3-6-10-18/h3-12,20,22-27H,13-15H2,1-2H3/t20-,22-,23-,24-,25-,26+/m1/s1. The number of benzene rings is 2. The van der Waals surface area contributed by atoms with Gasteiger partial charge in [0.25, 0.3) is 0 Å². The van der Waals surface area contributed by atoms with Gasteiger partial charge in [0, 0.05) is 23.8 Å². The highest BCUT2D eigenvalue weighted by atomic mass is 32.2. The molecule has 0 spiro atoms. The molecule has 2 aromatic carbocycles. The number of rotatable bonds is 9. The van der Waals surface area contributed by atoms with Crippen molar-refractivity contribution < 1.29 is 38.2 Å². The van der Waals surface area contributed by atoms with Gasteiger partial charge in [-0.2, -0.15) is 0 Å². The van der Waals surface area contributed by atoms with Crippen LogP contribution in [-0.2, 0) is 38.2 Å². The van der Waals surface area contributed by atoms with Crippen molar-refractivity contribution in [3.05, 3.63) is 66.2 Å². The van der Waals surface area contributed by atoms with E-state index >= 15 is 0 Å². The number of hydrogen-bond acceptors (Lipinski definition) is 10. The number of carbonyl (C=O) groups excluding carboxylic acids is 3. The molecule has 2 fully saturated rings. The van der Waals surface area contributed by atoms with E-state index in [4.69, 9.17) is 23.8 Å². The maximum Gasteiger partial charge on any atom is 0.321 e. The zero-order valence-electron chi connectivity index (χ0n) is 20.0. The first kappa shape index (κ1) is 26.3. The molecule has 6 atom stereocenters. The molecule has 9 nitrogen and oxygen atoms in total. The minimum absolute atomic E-state index is 0.0665. The summed E-state index contributed by atoms with van der Waals surface area (Å²) in [5, 5.41) is 0. The molecule has 0 unspecified atom stereocenters. The number of hydroxylamine groups is 1. The van der Waals surface area contributed by atoms with E-state index in [0.717, 1.165) is 10.5 Å².